The highest BCUT2D eigenvalue weighted by atomic mass is 16.7. The van der Waals surface area contributed by atoms with Crippen LogP contribution in [-0.2, 0) is 9.57 Å². The summed E-state index contributed by atoms with van der Waals surface area (Å²) >= 11 is 0. The lowest BCUT2D eigenvalue weighted by Crippen LogP contribution is -2.54. The molecule has 200 valence electrons. The van der Waals surface area contributed by atoms with Gasteiger partial charge in [-0.1, -0.05) is 12.1 Å². The maximum absolute atomic E-state index is 13.2. The second kappa shape index (κ2) is 9.95. The molecule has 38 heavy (non-hydrogen) atoms. The molecule has 0 bridgehead atoms. The average molecular weight is 523 g/mol. The number of hydroxylamine groups is 1. The van der Waals surface area contributed by atoms with Crippen molar-refractivity contribution in [2.75, 3.05) is 32.1 Å². The minimum Gasteiger partial charge on any atom is -0.485 e. The molecular weight excluding hydrogens is 492 g/mol. The van der Waals surface area contributed by atoms with Crippen molar-refractivity contribution < 1.29 is 29.0 Å². The fourth-order valence-electron chi connectivity index (χ4n) is 4.24. The van der Waals surface area contributed by atoms with E-state index in [0.717, 1.165) is 11.1 Å². The van der Waals surface area contributed by atoms with E-state index in [4.69, 9.17) is 14.3 Å². The third-order valence-electron chi connectivity index (χ3n) is 6.53. The number of amidine groups is 1. The molecule has 2 aliphatic rings. The van der Waals surface area contributed by atoms with Crippen LogP contribution in [0.3, 0.4) is 0 Å². The first-order valence-electron chi connectivity index (χ1n) is 12.2. The Balaban J connectivity index is 1.29. The van der Waals surface area contributed by atoms with E-state index >= 15 is 0 Å². The largest absolute Gasteiger partial charge is 0.485 e. The molecule has 4 heterocycles. The Bertz CT molecular complexity index is 1410. The third kappa shape index (κ3) is 5.00. The number of aliphatic hydroxyl groups excluding tert-OH is 1. The fraction of sp³-hybridized carbons (Fsp3) is 0.385. The van der Waals surface area contributed by atoms with Gasteiger partial charge in [0.05, 0.1) is 19.9 Å². The number of carbonyl (C=O) groups is 2. The van der Waals surface area contributed by atoms with E-state index < -0.39 is 11.8 Å². The van der Waals surface area contributed by atoms with E-state index in [2.05, 4.69) is 20.8 Å². The number of nitrogens with zero attached hydrogens (tertiary/aromatic N) is 4. The molecule has 0 spiro atoms. The van der Waals surface area contributed by atoms with E-state index in [0.29, 0.717) is 41.7 Å². The molecule has 1 fully saturated rings. The number of ether oxygens (including phenoxy) is 2. The van der Waals surface area contributed by atoms with Crippen LogP contribution in [0.2, 0.25) is 0 Å². The van der Waals surface area contributed by atoms with Crippen molar-refractivity contribution in [1.82, 2.24) is 19.8 Å². The van der Waals surface area contributed by atoms with Gasteiger partial charge in [-0.3, -0.25) is 9.20 Å². The number of methoxy groups -OCH3 is 1. The number of aryl methyl sites for hydroxylation is 1. The highest BCUT2D eigenvalue weighted by molar-refractivity contribution is 6.05. The molecule has 1 saturated heterocycles. The molecule has 1 aromatic carbocycles. The van der Waals surface area contributed by atoms with Crippen molar-refractivity contribution in [1.29, 1.82) is 0 Å². The van der Waals surface area contributed by atoms with Crippen LogP contribution in [0.5, 0.6) is 5.75 Å². The van der Waals surface area contributed by atoms with E-state index in [1.165, 1.54) is 13.3 Å². The monoisotopic (exact) mass is 522 g/mol. The first-order valence-corrected chi connectivity index (χ1v) is 12.2. The summed E-state index contributed by atoms with van der Waals surface area (Å²) in [6.07, 6.45) is 2.43. The Morgan fingerprint density at radius 1 is 1.26 bits per heavy atom. The Kier molecular flexibility index (Phi) is 6.67. The first kappa shape index (κ1) is 25.5. The van der Waals surface area contributed by atoms with Gasteiger partial charge in [-0.05, 0) is 38.5 Å². The fourth-order valence-corrected chi connectivity index (χ4v) is 4.24. The summed E-state index contributed by atoms with van der Waals surface area (Å²) < 4.78 is 12.2. The molecule has 12 nitrogen and oxygen atoms in total. The van der Waals surface area contributed by atoms with E-state index in [-0.39, 0.29) is 24.5 Å². The predicted molar refractivity (Wildman–Crippen MR) is 138 cm³/mol. The van der Waals surface area contributed by atoms with Gasteiger partial charge >= 0.3 is 6.09 Å². The quantitative estimate of drug-likeness (QED) is 0.430. The highest BCUT2D eigenvalue weighted by Crippen LogP contribution is 2.27. The summed E-state index contributed by atoms with van der Waals surface area (Å²) in [7, 11) is 1.36. The van der Waals surface area contributed by atoms with Crippen molar-refractivity contribution in [3.05, 3.63) is 59.5 Å². The molecule has 0 aliphatic carbocycles. The second-order valence-electron chi connectivity index (χ2n) is 9.96. The number of carbonyl (C=O) groups excluding carboxylic acids is 2. The molecular formula is C26H30N6O6. The van der Waals surface area contributed by atoms with Crippen molar-refractivity contribution in [3.63, 3.8) is 0 Å². The Morgan fingerprint density at radius 2 is 2.05 bits per heavy atom. The summed E-state index contributed by atoms with van der Waals surface area (Å²) in [6, 6.07) is 9.06. The van der Waals surface area contributed by atoms with Crippen LogP contribution in [0.15, 0.2) is 47.7 Å². The molecule has 2 aromatic heterocycles. The number of hydrogen-bond acceptors (Lipinski definition) is 9. The second-order valence-corrected chi connectivity index (χ2v) is 9.96. The van der Waals surface area contributed by atoms with Crippen molar-refractivity contribution in [2.24, 2.45) is 10.9 Å². The van der Waals surface area contributed by atoms with Crippen LogP contribution in [0.4, 0.5) is 10.5 Å². The number of pyridine rings is 1. The highest BCUT2D eigenvalue weighted by Gasteiger charge is 2.40. The lowest BCUT2D eigenvalue weighted by molar-refractivity contribution is -0.0494. The zero-order valence-corrected chi connectivity index (χ0v) is 21.6. The van der Waals surface area contributed by atoms with E-state index in [9.17, 15) is 14.7 Å². The number of nitrogens with one attached hydrogen (secondary N) is 2. The SMILES string of the molecule is COC(=O)N1CC(C2N=C(c3ccc(C)c(NC(=O)c4cnc5cc(OC(C)(C)CO)ccn45)c3)NO2)C1. The van der Waals surface area contributed by atoms with Gasteiger partial charge in [0.15, 0.2) is 12.1 Å². The summed E-state index contributed by atoms with van der Waals surface area (Å²) in [4.78, 5) is 41.0. The zero-order chi connectivity index (χ0) is 27.0. The van der Waals surface area contributed by atoms with Crippen LogP contribution in [-0.4, -0.2) is 75.9 Å². The third-order valence-corrected chi connectivity index (χ3v) is 6.53. The van der Waals surface area contributed by atoms with Gasteiger partial charge in [-0.15, -0.1) is 0 Å². The molecule has 3 N–H and O–H groups in total. The van der Waals surface area contributed by atoms with Crippen LogP contribution in [0.1, 0.15) is 35.5 Å². The number of hydrogen-bond donors (Lipinski definition) is 3. The number of anilines is 1. The minimum absolute atomic E-state index is 0.0690. The minimum atomic E-state index is -0.738. The van der Waals surface area contributed by atoms with Gasteiger partial charge in [0.25, 0.3) is 5.91 Å². The number of imidazole rings is 1. The number of benzene rings is 1. The van der Waals surface area contributed by atoms with Gasteiger partial charge in [0, 0.05) is 42.5 Å². The topological polar surface area (TPSA) is 139 Å². The maximum Gasteiger partial charge on any atom is 0.409 e. The van der Waals surface area contributed by atoms with Crippen molar-refractivity contribution in [2.45, 2.75) is 32.6 Å². The molecule has 1 unspecified atom stereocenters. The summed E-state index contributed by atoms with van der Waals surface area (Å²) in [5.41, 5.74) is 5.29. The summed E-state index contributed by atoms with van der Waals surface area (Å²) in [6.45, 7) is 6.35. The van der Waals surface area contributed by atoms with Gasteiger partial charge < -0.3 is 24.8 Å². The lowest BCUT2D eigenvalue weighted by atomic mass is 9.99. The lowest BCUT2D eigenvalue weighted by Gasteiger charge is -2.38. The molecule has 2 aliphatic heterocycles. The van der Waals surface area contributed by atoms with Crippen LogP contribution < -0.4 is 15.5 Å². The van der Waals surface area contributed by atoms with E-state index in [1.807, 2.05) is 25.1 Å². The maximum atomic E-state index is 13.2. The normalized spacial score (nSPS) is 17.6. The number of likely N-dealkylation sites (tertiary alicyclic amines) is 1. The molecule has 0 radical (unpaired) electrons. The molecule has 5 rings (SSSR count). The van der Waals surface area contributed by atoms with Crippen LogP contribution in [0, 0.1) is 12.8 Å². The van der Waals surface area contributed by atoms with Crippen molar-refractivity contribution in [3.8, 4) is 5.75 Å². The van der Waals surface area contributed by atoms with Crippen LogP contribution in [0.25, 0.3) is 5.65 Å². The predicted octanol–water partition coefficient (Wildman–Crippen LogP) is 2.35. The molecule has 1 atom stereocenters. The standard InChI is InChI=1S/C26H30N6O6/c1-15-5-6-16(22-29-24(38-30-22)17-12-31(13-17)25(35)36-4)9-19(15)28-23(34)20-11-27-21-10-18(7-8-32(20)21)37-26(2,3)14-33/h5-11,17,24,33H,12-14H2,1-4H3,(H,28,34)(H,29,30). The number of aromatic nitrogens is 2. The van der Waals surface area contributed by atoms with Crippen molar-refractivity contribution >= 4 is 29.2 Å². The van der Waals surface area contributed by atoms with Gasteiger partial charge in [-0.25, -0.2) is 25.1 Å². The summed E-state index contributed by atoms with van der Waals surface area (Å²) in [5, 5.41) is 12.4. The number of fused-ring (bicyclic) bond motifs is 1. The molecule has 3 aromatic rings. The molecule has 2 amide bonds. The van der Waals surface area contributed by atoms with Gasteiger partial charge in [0.1, 0.15) is 22.7 Å². The smallest absolute Gasteiger partial charge is 0.409 e. The number of amides is 2. The molecule has 12 heteroatoms. The summed E-state index contributed by atoms with van der Waals surface area (Å²) in [5.74, 6) is 0.840. The molecule has 0 saturated carbocycles. The zero-order valence-electron chi connectivity index (χ0n) is 21.6. The average Bonchev–Trinajstić information content (AvgIpc) is 3.51. The van der Waals surface area contributed by atoms with E-state index in [1.54, 1.807) is 41.5 Å². The Hall–Kier alpha value is -4.16. The number of aliphatic hydroxyl groups is 1. The van der Waals surface area contributed by atoms with Crippen LogP contribution >= 0.6 is 0 Å². The van der Waals surface area contributed by atoms with Gasteiger partial charge in [0.2, 0.25) is 0 Å². The first-order chi connectivity index (χ1) is 18.2. The Labute approximate surface area is 219 Å². The Morgan fingerprint density at radius 3 is 2.79 bits per heavy atom. The number of rotatable bonds is 7. The van der Waals surface area contributed by atoms with Gasteiger partial charge in [-0.2, -0.15) is 0 Å². The number of aliphatic imine (C=N–C) groups is 1.